The summed E-state index contributed by atoms with van der Waals surface area (Å²) in [6, 6.07) is 14.6. The lowest BCUT2D eigenvalue weighted by Gasteiger charge is -2.10. The van der Waals surface area contributed by atoms with Crippen molar-refractivity contribution in [3.63, 3.8) is 0 Å². The Morgan fingerprint density at radius 1 is 0.958 bits per heavy atom. The van der Waals surface area contributed by atoms with Gasteiger partial charge in [0.25, 0.3) is 0 Å². The van der Waals surface area contributed by atoms with Crippen LogP contribution in [0.5, 0.6) is 11.5 Å². The summed E-state index contributed by atoms with van der Waals surface area (Å²) in [5.41, 5.74) is 1.65. The van der Waals surface area contributed by atoms with Crippen LogP contribution in [0, 0.1) is 0 Å². The minimum absolute atomic E-state index is 0.0527. The first-order chi connectivity index (χ1) is 11.6. The molecule has 0 amide bonds. The SMILES string of the molecule is COc1ccc(OC)c(CCC(=O)C(=O)OCc2ccccc2)c1. The Kier molecular flexibility index (Phi) is 6.37. The van der Waals surface area contributed by atoms with Crippen molar-refractivity contribution in [3.05, 3.63) is 59.7 Å². The van der Waals surface area contributed by atoms with Crippen LogP contribution in [-0.2, 0) is 27.4 Å². The van der Waals surface area contributed by atoms with Gasteiger partial charge >= 0.3 is 5.97 Å². The van der Waals surface area contributed by atoms with Crippen LogP contribution in [0.25, 0.3) is 0 Å². The second-order valence-corrected chi connectivity index (χ2v) is 5.16. The number of carbonyl (C=O) groups excluding carboxylic acids is 2. The summed E-state index contributed by atoms with van der Waals surface area (Å²) in [7, 11) is 3.12. The fourth-order valence-electron chi connectivity index (χ4n) is 2.23. The van der Waals surface area contributed by atoms with E-state index in [0.29, 0.717) is 17.9 Å². The molecule has 0 aliphatic rings. The first-order valence-electron chi connectivity index (χ1n) is 7.59. The second kappa shape index (κ2) is 8.72. The van der Waals surface area contributed by atoms with Crippen LogP contribution in [0.2, 0.25) is 0 Å². The maximum absolute atomic E-state index is 11.9. The van der Waals surface area contributed by atoms with Gasteiger partial charge in [-0.15, -0.1) is 0 Å². The van der Waals surface area contributed by atoms with Crippen molar-refractivity contribution >= 4 is 11.8 Å². The van der Waals surface area contributed by atoms with E-state index in [1.165, 1.54) is 0 Å². The molecule has 2 rings (SSSR count). The maximum Gasteiger partial charge on any atom is 0.374 e. The number of rotatable bonds is 8. The molecule has 2 aromatic carbocycles. The highest BCUT2D eigenvalue weighted by atomic mass is 16.5. The van der Waals surface area contributed by atoms with Gasteiger partial charge in [0.1, 0.15) is 18.1 Å². The van der Waals surface area contributed by atoms with Crippen molar-refractivity contribution in [2.75, 3.05) is 14.2 Å². The number of Topliss-reactive ketones (excluding diaryl/α,β-unsaturated/α-hetero) is 1. The molecule has 126 valence electrons. The number of esters is 1. The molecule has 0 atom stereocenters. The Labute approximate surface area is 141 Å². The molecule has 0 aliphatic heterocycles. The predicted molar refractivity (Wildman–Crippen MR) is 89.1 cm³/mol. The van der Waals surface area contributed by atoms with E-state index in [9.17, 15) is 9.59 Å². The molecule has 5 heteroatoms. The summed E-state index contributed by atoms with van der Waals surface area (Å²) in [6.07, 6.45) is 0.427. The van der Waals surface area contributed by atoms with Gasteiger partial charge in [0, 0.05) is 6.42 Å². The van der Waals surface area contributed by atoms with Crippen molar-refractivity contribution in [2.24, 2.45) is 0 Å². The van der Waals surface area contributed by atoms with Crippen LogP contribution in [0.1, 0.15) is 17.5 Å². The lowest BCUT2D eigenvalue weighted by atomic mass is 10.1. The number of ether oxygens (including phenoxy) is 3. The monoisotopic (exact) mass is 328 g/mol. The molecule has 0 bridgehead atoms. The summed E-state index contributed by atoms with van der Waals surface area (Å²) < 4.78 is 15.5. The standard InChI is InChI=1S/C19H20O5/c1-22-16-9-11-18(23-2)15(12-16)8-10-17(20)19(21)24-13-14-6-4-3-5-7-14/h3-7,9,11-12H,8,10,13H2,1-2H3. The summed E-state index contributed by atoms with van der Waals surface area (Å²) in [4.78, 5) is 23.7. The zero-order valence-corrected chi connectivity index (χ0v) is 13.8. The molecule has 0 fully saturated rings. The zero-order valence-electron chi connectivity index (χ0n) is 13.8. The number of aryl methyl sites for hydroxylation is 1. The Morgan fingerprint density at radius 3 is 2.38 bits per heavy atom. The lowest BCUT2D eigenvalue weighted by molar-refractivity contribution is -0.154. The fourth-order valence-corrected chi connectivity index (χ4v) is 2.23. The summed E-state index contributed by atoms with van der Waals surface area (Å²) in [5, 5.41) is 0. The van der Waals surface area contributed by atoms with Gasteiger partial charge in [0.2, 0.25) is 5.78 Å². The predicted octanol–water partition coefficient (Wildman–Crippen LogP) is 2.95. The smallest absolute Gasteiger partial charge is 0.374 e. The van der Waals surface area contributed by atoms with Gasteiger partial charge in [-0.05, 0) is 35.7 Å². The van der Waals surface area contributed by atoms with Crippen molar-refractivity contribution in [1.82, 2.24) is 0 Å². The Balaban J connectivity index is 1.89. The van der Waals surface area contributed by atoms with Crippen LogP contribution in [0.4, 0.5) is 0 Å². The first kappa shape index (κ1) is 17.5. The fraction of sp³-hybridized carbons (Fsp3) is 0.263. The maximum atomic E-state index is 11.9. The van der Waals surface area contributed by atoms with Crippen LogP contribution in [0.3, 0.4) is 0 Å². The number of methoxy groups -OCH3 is 2. The molecule has 0 N–H and O–H groups in total. The summed E-state index contributed by atoms with van der Waals surface area (Å²) in [6.45, 7) is 0.0912. The van der Waals surface area contributed by atoms with E-state index >= 15 is 0 Å². The third-order valence-electron chi connectivity index (χ3n) is 3.55. The molecule has 0 saturated heterocycles. The lowest BCUT2D eigenvalue weighted by Crippen LogP contribution is -2.18. The van der Waals surface area contributed by atoms with E-state index in [-0.39, 0.29) is 13.0 Å². The normalized spacial score (nSPS) is 10.1. The minimum Gasteiger partial charge on any atom is -0.497 e. The molecule has 0 aliphatic carbocycles. The third kappa shape index (κ3) is 4.84. The molecule has 0 unspecified atom stereocenters. The first-order valence-corrected chi connectivity index (χ1v) is 7.59. The Morgan fingerprint density at radius 2 is 1.71 bits per heavy atom. The molecule has 0 radical (unpaired) electrons. The summed E-state index contributed by atoms with van der Waals surface area (Å²) in [5.74, 6) is -0.0531. The zero-order chi connectivity index (χ0) is 17.4. The van der Waals surface area contributed by atoms with Crippen LogP contribution in [0.15, 0.2) is 48.5 Å². The van der Waals surface area contributed by atoms with Gasteiger partial charge in [0.05, 0.1) is 14.2 Å². The van der Waals surface area contributed by atoms with Gasteiger partial charge in [0.15, 0.2) is 0 Å². The molecule has 24 heavy (non-hydrogen) atoms. The number of hydrogen-bond donors (Lipinski definition) is 0. The highest BCUT2D eigenvalue weighted by Crippen LogP contribution is 2.25. The van der Waals surface area contributed by atoms with Gasteiger partial charge in [-0.2, -0.15) is 0 Å². The molecule has 0 heterocycles. The molecular formula is C19H20O5. The Bertz CT molecular complexity index is 694. The molecule has 0 saturated carbocycles. The largest absolute Gasteiger partial charge is 0.497 e. The van der Waals surface area contributed by atoms with E-state index in [1.54, 1.807) is 32.4 Å². The Hall–Kier alpha value is -2.82. The average Bonchev–Trinajstić information content (AvgIpc) is 2.64. The van der Waals surface area contributed by atoms with Gasteiger partial charge < -0.3 is 14.2 Å². The van der Waals surface area contributed by atoms with Gasteiger partial charge in [-0.3, -0.25) is 4.79 Å². The highest BCUT2D eigenvalue weighted by Gasteiger charge is 2.16. The molecule has 2 aromatic rings. The van der Waals surface area contributed by atoms with E-state index < -0.39 is 11.8 Å². The quantitative estimate of drug-likeness (QED) is 0.551. The van der Waals surface area contributed by atoms with Gasteiger partial charge in [-0.1, -0.05) is 30.3 Å². The number of carbonyl (C=O) groups is 2. The van der Waals surface area contributed by atoms with Crippen molar-refractivity contribution in [1.29, 1.82) is 0 Å². The van der Waals surface area contributed by atoms with Crippen LogP contribution >= 0.6 is 0 Å². The van der Waals surface area contributed by atoms with Crippen molar-refractivity contribution < 1.29 is 23.8 Å². The van der Waals surface area contributed by atoms with E-state index in [2.05, 4.69) is 0 Å². The van der Waals surface area contributed by atoms with Gasteiger partial charge in [-0.25, -0.2) is 4.79 Å². The minimum atomic E-state index is -0.819. The summed E-state index contributed by atoms with van der Waals surface area (Å²) >= 11 is 0. The molecule has 0 aromatic heterocycles. The third-order valence-corrected chi connectivity index (χ3v) is 3.55. The number of benzene rings is 2. The van der Waals surface area contributed by atoms with Crippen LogP contribution < -0.4 is 9.47 Å². The van der Waals surface area contributed by atoms with Crippen molar-refractivity contribution in [3.8, 4) is 11.5 Å². The second-order valence-electron chi connectivity index (χ2n) is 5.16. The van der Waals surface area contributed by atoms with Crippen molar-refractivity contribution in [2.45, 2.75) is 19.4 Å². The van der Waals surface area contributed by atoms with E-state index in [4.69, 9.17) is 14.2 Å². The molecular weight excluding hydrogens is 308 g/mol. The average molecular weight is 328 g/mol. The molecule has 5 nitrogen and oxygen atoms in total. The number of ketones is 1. The number of hydrogen-bond acceptors (Lipinski definition) is 5. The van der Waals surface area contributed by atoms with E-state index in [1.807, 2.05) is 30.3 Å². The van der Waals surface area contributed by atoms with Crippen LogP contribution in [-0.4, -0.2) is 26.0 Å². The molecule has 0 spiro atoms. The van der Waals surface area contributed by atoms with E-state index in [0.717, 1.165) is 11.1 Å². The highest BCUT2D eigenvalue weighted by molar-refractivity contribution is 6.33. The topological polar surface area (TPSA) is 61.8 Å².